The third-order valence-electron chi connectivity index (χ3n) is 3.89. The molecule has 1 fully saturated rings. The minimum Gasteiger partial charge on any atom is -0.508 e. The van der Waals surface area contributed by atoms with Gasteiger partial charge in [0.05, 0.1) is 6.61 Å². The number of rotatable bonds is 4. The van der Waals surface area contributed by atoms with E-state index in [9.17, 15) is 20.4 Å². The number of phenols is 1. The molecular weight excluding hydrogens is 292 g/mol. The Morgan fingerprint density at radius 2 is 1.82 bits per heavy atom. The molecule has 7 nitrogen and oxygen atoms in total. The van der Waals surface area contributed by atoms with Crippen molar-refractivity contribution in [1.82, 2.24) is 0 Å². The molecule has 1 heterocycles. The summed E-state index contributed by atoms with van der Waals surface area (Å²) in [5.74, 6) is 0.361. The van der Waals surface area contributed by atoms with Gasteiger partial charge in [-0.15, -0.1) is 0 Å². The highest BCUT2D eigenvalue weighted by Crippen LogP contribution is 2.32. The number of benzene rings is 1. The molecule has 1 aliphatic rings. The summed E-state index contributed by atoms with van der Waals surface area (Å²) in [7, 11) is 0. The Morgan fingerprint density at radius 3 is 2.41 bits per heavy atom. The van der Waals surface area contributed by atoms with Crippen LogP contribution in [0, 0.1) is 6.92 Å². The van der Waals surface area contributed by atoms with Crippen molar-refractivity contribution < 1.29 is 35.0 Å². The van der Waals surface area contributed by atoms with Crippen LogP contribution in [0.3, 0.4) is 0 Å². The number of aliphatic hydroxyl groups excluding tert-OH is 4. The van der Waals surface area contributed by atoms with Gasteiger partial charge in [-0.05, 0) is 31.0 Å². The fourth-order valence-electron chi connectivity index (χ4n) is 2.34. The fourth-order valence-corrected chi connectivity index (χ4v) is 2.34. The summed E-state index contributed by atoms with van der Waals surface area (Å²) in [5.41, 5.74) is 1.30. The predicted octanol–water partition coefficient (Wildman–Crippen LogP) is -0.558. The Bertz CT molecular complexity index is 517. The summed E-state index contributed by atoms with van der Waals surface area (Å²) in [5, 5.41) is 48.5. The lowest BCUT2D eigenvalue weighted by Gasteiger charge is -2.39. The molecule has 2 rings (SSSR count). The lowest BCUT2D eigenvalue weighted by Crippen LogP contribution is -2.60. The second-order valence-electron chi connectivity index (χ2n) is 5.41. The average Bonchev–Trinajstić information content (AvgIpc) is 2.51. The van der Waals surface area contributed by atoms with Crippen LogP contribution in [0.1, 0.15) is 18.1 Å². The summed E-state index contributed by atoms with van der Waals surface area (Å²) in [6, 6.07) is 3.33. The van der Waals surface area contributed by atoms with E-state index in [2.05, 4.69) is 0 Å². The van der Waals surface area contributed by atoms with Gasteiger partial charge in [-0.3, -0.25) is 0 Å². The normalized spacial score (nSPS) is 32.0. The van der Waals surface area contributed by atoms with E-state index in [0.717, 1.165) is 5.56 Å². The maximum absolute atomic E-state index is 9.97. The van der Waals surface area contributed by atoms with E-state index >= 15 is 0 Å². The van der Waals surface area contributed by atoms with Crippen molar-refractivity contribution >= 4 is 0 Å². The standard InChI is InChI=1S/C15H22O7/c1-3-8-4-9(17)7(2)10(5-8)21-15-14(20)13(19)12(18)11(6-16)22-15/h4-5,11-20H,3,6H2,1-2H3/t11-,12-,13+,14-,15-/m1/s1. The lowest BCUT2D eigenvalue weighted by molar-refractivity contribution is -0.277. The van der Waals surface area contributed by atoms with Gasteiger partial charge in [0.1, 0.15) is 35.9 Å². The first-order valence-corrected chi connectivity index (χ1v) is 7.18. The molecular formula is C15H22O7. The molecule has 0 aliphatic carbocycles. The number of aliphatic hydroxyl groups is 4. The van der Waals surface area contributed by atoms with Crippen LogP contribution in [0.15, 0.2) is 12.1 Å². The monoisotopic (exact) mass is 314 g/mol. The average molecular weight is 314 g/mol. The van der Waals surface area contributed by atoms with Gasteiger partial charge in [0.2, 0.25) is 6.29 Å². The molecule has 0 spiro atoms. The summed E-state index contributed by atoms with van der Waals surface area (Å²) >= 11 is 0. The van der Waals surface area contributed by atoms with E-state index in [1.165, 1.54) is 0 Å². The van der Waals surface area contributed by atoms with Crippen LogP contribution in [-0.2, 0) is 11.2 Å². The molecule has 1 aromatic rings. The van der Waals surface area contributed by atoms with Gasteiger partial charge in [-0.25, -0.2) is 0 Å². The number of phenolic OH excluding ortho intramolecular Hbond substituents is 1. The van der Waals surface area contributed by atoms with Crippen LogP contribution in [0.4, 0.5) is 0 Å². The summed E-state index contributed by atoms with van der Waals surface area (Å²) in [6.07, 6.45) is -6.04. The minimum atomic E-state index is -1.50. The lowest BCUT2D eigenvalue weighted by atomic mass is 9.99. The number of hydrogen-bond donors (Lipinski definition) is 5. The first-order valence-electron chi connectivity index (χ1n) is 7.18. The molecule has 0 bridgehead atoms. The number of hydrogen-bond acceptors (Lipinski definition) is 7. The molecule has 0 aromatic heterocycles. The molecule has 124 valence electrons. The van der Waals surface area contributed by atoms with E-state index in [-0.39, 0.29) is 5.75 Å². The highest BCUT2D eigenvalue weighted by molar-refractivity contribution is 5.46. The molecule has 1 aromatic carbocycles. The first kappa shape index (κ1) is 17.0. The van der Waals surface area contributed by atoms with Crippen molar-refractivity contribution in [2.24, 2.45) is 0 Å². The van der Waals surface area contributed by atoms with Crippen LogP contribution >= 0.6 is 0 Å². The van der Waals surface area contributed by atoms with Gasteiger partial charge >= 0.3 is 0 Å². The van der Waals surface area contributed by atoms with Crippen molar-refractivity contribution in [1.29, 1.82) is 0 Å². The number of aromatic hydroxyl groups is 1. The molecule has 5 atom stereocenters. The second-order valence-corrected chi connectivity index (χ2v) is 5.41. The van der Waals surface area contributed by atoms with E-state index in [0.29, 0.717) is 17.7 Å². The fraction of sp³-hybridized carbons (Fsp3) is 0.600. The minimum absolute atomic E-state index is 0.0546. The Labute approximate surface area is 128 Å². The zero-order valence-corrected chi connectivity index (χ0v) is 12.5. The van der Waals surface area contributed by atoms with Gasteiger partial charge in [0.15, 0.2) is 0 Å². The van der Waals surface area contributed by atoms with E-state index in [1.807, 2.05) is 6.92 Å². The molecule has 7 heteroatoms. The Balaban J connectivity index is 2.24. The third kappa shape index (κ3) is 3.18. The number of aryl methyl sites for hydroxylation is 1. The third-order valence-corrected chi connectivity index (χ3v) is 3.89. The Hall–Kier alpha value is -1.38. The molecule has 5 N–H and O–H groups in total. The van der Waals surface area contributed by atoms with Crippen LogP contribution in [0.25, 0.3) is 0 Å². The second kappa shape index (κ2) is 6.80. The van der Waals surface area contributed by atoms with Crippen LogP contribution in [-0.4, -0.2) is 62.8 Å². The van der Waals surface area contributed by atoms with Crippen molar-refractivity contribution in [3.8, 4) is 11.5 Å². The molecule has 1 saturated heterocycles. The molecule has 22 heavy (non-hydrogen) atoms. The predicted molar refractivity (Wildman–Crippen MR) is 76.6 cm³/mol. The van der Waals surface area contributed by atoms with Gasteiger partial charge < -0.3 is 35.0 Å². The molecule has 0 saturated carbocycles. The van der Waals surface area contributed by atoms with Crippen molar-refractivity contribution in [2.75, 3.05) is 6.61 Å². The van der Waals surface area contributed by atoms with Gasteiger partial charge in [0.25, 0.3) is 0 Å². The summed E-state index contributed by atoms with van der Waals surface area (Å²) < 4.78 is 10.8. The highest BCUT2D eigenvalue weighted by Gasteiger charge is 2.44. The maximum Gasteiger partial charge on any atom is 0.229 e. The van der Waals surface area contributed by atoms with E-state index < -0.39 is 37.3 Å². The smallest absolute Gasteiger partial charge is 0.229 e. The Morgan fingerprint density at radius 1 is 1.14 bits per heavy atom. The summed E-state index contributed by atoms with van der Waals surface area (Å²) in [6.45, 7) is 3.04. The topological polar surface area (TPSA) is 120 Å². The van der Waals surface area contributed by atoms with Gasteiger partial charge in [0, 0.05) is 5.56 Å². The van der Waals surface area contributed by atoms with E-state index in [4.69, 9.17) is 14.6 Å². The maximum atomic E-state index is 9.97. The number of ether oxygens (including phenoxy) is 2. The molecule has 1 aliphatic heterocycles. The van der Waals surface area contributed by atoms with Gasteiger partial charge in [-0.2, -0.15) is 0 Å². The first-order chi connectivity index (χ1) is 10.4. The summed E-state index contributed by atoms with van der Waals surface area (Å²) in [4.78, 5) is 0. The van der Waals surface area contributed by atoms with Crippen molar-refractivity contribution in [3.05, 3.63) is 23.3 Å². The van der Waals surface area contributed by atoms with Crippen LogP contribution < -0.4 is 4.74 Å². The van der Waals surface area contributed by atoms with Crippen LogP contribution in [0.5, 0.6) is 11.5 Å². The SMILES string of the molecule is CCc1cc(O)c(C)c(O[C@@H]2O[C@H](CO)[C@@H](O)[C@H](O)[C@H]2O)c1. The zero-order valence-electron chi connectivity index (χ0n) is 12.5. The van der Waals surface area contributed by atoms with Crippen molar-refractivity contribution in [2.45, 2.75) is 51.0 Å². The molecule has 0 amide bonds. The quantitative estimate of drug-likeness (QED) is 0.505. The largest absolute Gasteiger partial charge is 0.508 e. The Kier molecular flexibility index (Phi) is 5.25. The van der Waals surface area contributed by atoms with Gasteiger partial charge in [-0.1, -0.05) is 6.92 Å². The van der Waals surface area contributed by atoms with Crippen molar-refractivity contribution in [3.63, 3.8) is 0 Å². The molecule has 0 radical (unpaired) electrons. The van der Waals surface area contributed by atoms with Crippen LogP contribution in [0.2, 0.25) is 0 Å². The zero-order chi connectivity index (χ0) is 16.4. The van der Waals surface area contributed by atoms with E-state index in [1.54, 1.807) is 19.1 Å². The molecule has 0 unspecified atom stereocenters. The highest BCUT2D eigenvalue weighted by atomic mass is 16.7.